The van der Waals surface area contributed by atoms with E-state index < -0.39 is 10.9 Å². The number of benzene rings is 2. The van der Waals surface area contributed by atoms with Crippen molar-refractivity contribution in [3.8, 4) is 22.3 Å². The lowest BCUT2D eigenvalue weighted by atomic mass is 9.89. The predicted molar refractivity (Wildman–Crippen MR) is 82.2 cm³/mol. The molecule has 0 radical (unpaired) electrons. The number of halogens is 2. The van der Waals surface area contributed by atoms with Gasteiger partial charge in [0.2, 0.25) is 10.9 Å². The maximum absolute atomic E-state index is 11.8. The topological polar surface area (TPSA) is 34.1 Å². The van der Waals surface area contributed by atoms with Crippen LogP contribution in [0.15, 0.2) is 58.1 Å². The van der Waals surface area contributed by atoms with Crippen LogP contribution < -0.4 is 10.9 Å². The van der Waals surface area contributed by atoms with Gasteiger partial charge in [0.05, 0.1) is 0 Å². The summed E-state index contributed by atoms with van der Waals surface area (Å²) in [5.74, 6) is 0. The standard InChI is InChI=1S/C16H8Cl2O2/c17-11-5-1-9(2-6-11)13-14(16(20)15(13)19)10-3-7-12(18)8-4-10/h1-8H. The monoisotopic (exact) mass is 302 g/mol. The van der Waals surface area contributed by atoms with E-state index in [-0.39, 0.29) is 0 Å². The Bertz CT molecular complexity index is 767. The number of hydrogen-bond donors (Lipinski definition) is 0. The highest BCUT2D eigenvalue weighted by Gasteiger charge is 2.23. The van der Waals surface area contributed by atoms with Crippen LogP contribution in [0.25, 0.3) is 22.3 Å². The van der Waals surface area contributed by atoms with E-state index in [0.717, 1.165) is 0 Å². The van der Waals surface area contributed by atoms with E-state index in [1.807, 2.05) is 0 Å². The average Bonchev–Trinajstić information content (AvgIpc) is 2.46. The van der Waals surface area contributed by atoms with Crippen LogP contribution in [0.3, 0.4) is 0 Å². The normalized spacial score (nSPS) is 10.9. The molecule has 3 aromatic rings. The van der Waals surface area contributed by atoms with E-state index in [4.69, 9.17) is 23.2 Å². The molecule has 0 saturated carbocycles. The number of rotatable bonds is 2. The van der Waals surface area contributed by atoms with E-state index in [0.29, 0.717) is 32.3 Å². The summed E-state index contributed by atoms with van der Waals surface area (Å²) < 4.78 is 0. The Morgan fingerprint density at radius 3 is 1.15 bits per heavy atom. The fourth-order valence-electron chi connectivity index (χ4n) is 2.18. The van der Waals surface area contributed by atoms with Gasteiger partial charge in [-0.2, -0.15) is 0 Å². The second-order valence-electron chi connectivity index (χ2n) is 4.42. The molecule has 3 rings (SSSR count). The SMILES string of the molecule is O=c1c(-c2ccc(Cl)cc2)c(-c2ccc(Cl)cc2)c1=O. The molecule has 0 bridgehead atoms. The first-order valence-corrected chi connectivity index (χ1v) is 6.68. The van der Waals surface area contributed by atoms with Gasteiger partial charge >= 0.3 is 0 Å². The Hall–Kier alpha value is -1.90. The molecule has 0 fully saturated rings. The Kier molecular flexibility index (Phi) is 3.20. The van der Waals surface area contributed by atoms with E-state index in [9.17, 15) is 9.59 Å². The molecule has 0 saturated heterocycles. The highest BCUT2D eigenvalue weighted by atomic mass is 35.5. The molecule has 3 aromatic carbocycles. The van der Waals surface area contributed by atoms with Crippen LogP contribution in [0.2, 0.25) is 10.0 Å². The van der Waals surface area contributed by atoms with Gasteiger partial charge in [-0.05, 0) is 35.4 Å². The van der Waals surface area contributed by atoms with Crippen molar-refractivity contribution in [3.63, 3.8) is 0 Å². The van der Waals surface area contributed by atoms with Crippen molar-refractivity contribution < 1.29 is 0 Å². The van der Waals surface area contributed by atoms with E-state index in [2.05, 4.69) is 0 Å². The molecule has 0 atom stereocenters. The summed E-state index contributed by atoms with van der Waals surface area (Å²) in [6.07, 6.45) is 0. The summed E-state index contributed by atoms with van der Waals surface area (Å²) in [5, 5.41) is 1.17. The van der Waals surface area contributed by atoms with E-state index >= 15 is 0 Å². The third kappa shape index (κ3) is 2.07. The average molecular weight is 303 g/mol. The molecular formula is C16H8Cl2O2. The van der Waals surface area contributed by atoms with Crippen LogP contribution in [0.4, 0.5) is 0 Å². The molecule has 98 valence electrons. The van der Waals surface area contributed by atoms with Gasteiger partial charge in [-0.15, -0.1) is 0 Å². The molecule has 2 nitrogen and oxygen atoms in total. The zero-order valence-electron chi connectivity index (χ0n) is 10.2. The van der Waals surface area contributed by atoms with Crippen LogP contribution >= 0.6 is 23.2 Å². The lowest BCUT2D eigenvalue weighted by Gasteiger charge is -2.11. The van der Waals surface area contributed by atoms with Crippen molar-refractivity contribution in [1.29, 1.82) is 0 Å². The molecule has 0 amide bonds. The summed E-state index contributed by atoms with van der Waals surface area (Å²) in [6.45, 7) is 0. The lowest BCUT2D eigenvalue weighted by Crippen LogP contribution is -2.34. The van der Waals surface area contributed by atoms with Crippen molar-refractivity contribution in [2.24, 2.45) is 0 Å². The van der Waals surface area contributed by atoms with Crippen LogP contribution in [-0.2, 0) is 0 Å². The Morgan fingerprint density at radius 2 is 0.850 bits per heavy atom. The summed E-state index contributed by atoms with van der Waals surface area (Å²) in [7, 11) is 0. The molecule has 0 aliphatic rings. The smallest absolute Gasteiger partial charge is 0.234 e. The third-order valence-corrected chi connectivity index (χ3v) is 3.68. The fraction of sp³-hybridized carbons (Fsp3) is 0. The van der Waals surface area contributed by atoms with Crippen LogP contribution in [0.5, 0.6) is 0 Å². The van der Waals surface area contributed by atoms with Crippen molar-refractivity contribution >= 4 is 23.2 Å². The first-order chi connectivity index (χ1) is 9.58. The van der Waals surface area contributed by atoms with E-state index in [1.54, 1.807) is 48.5 Å². The third-order valence-electron chi connectivity index (χ3n) is 3.18. The summed E-state index contributed by atoms with van der Waals surface area (Å²) in [6, 6.07) is 13.7. The summed E-state index contributed by atoms with van der Waals surface area (Å²) in [5.41, 5.74) is 1.35. The van der Waals surface area contributed by atoms with Crippen molar-refractivity contribution in [2.75, 3.05) is 0 Å². The summed E-state index contributed by atoms with van der Waals surface area (Å²) in [4.78, 5) is 23.7. The minimum Gasteiger partial charge on any atom is -0.285 e. The first-order valence-electron chi connectivity index (χ1n) is 5.93. The van der Waals surface area contributed by atoms with Crippen LogP contribution in [0.1, 0.15) is 0 Å². The van der Waals surface area contributed by atoms with Crippen LogP contribution in [-0.4, -0.2) is 0 Å². The van der Waals surface area contributed by atoms with E-state index in [1.165, 1.54) is 0 Å². The minimum absolute atomic E-state index is 0.439. The Labute approximate surface area is 124 Å². The Balaban J connectivity index is 2.17. The van der Waals surface area contributed by atoms with Gasteiger partial charge in [-0.1, -0.05) is 47.5 Å². The van der Waals surface area contributed by atoms with Gasteiger partial charge in [0.15, 0.2) is 0 Å². The molecule has 0 aliphatic carbocycles. The van der Waals surface area contributed by atoms with Gasteiger partial charge in [0.25, 0.3) is 0 Å². The molecule has 0 aromatic heterocycles. The first kappa shape index (κ1) is 13.1. The molecule has 20 heavy (non-hydrogen) atoms. The van der Waals surface area contributed by atoms with Gasteiger partial charge in [-0.25, -0.2) is 0 Å². The zero-order valence-corrected chi connectivity index (χ0v) is 11.7. The second kappa shape index (κ2) is 4.89. The van der Waals surface area contributed by atoms with Crippen molar-refractivity contribution in [2.45, 2.75) is 0 Å². The lowest BCUT2D eigenvalue weighted by molar-refractivity contribution is 1.40. The molecule has 0 heterocycles. The van der Waals surface area contributed by atoms with Gasteiger partial charge in [0.1, 0.15) is 0 Å². The molecular weight excluding hydrogens is 295 g/mol. The fourth-order valence-corrected chi connectivity index (χ4v) is 2.43. The van der Waals surface area contributed by atoms with Gasteiger partial charge in [-0.3, -0.25) is 9.59 Å². The van der Waals surface area contributed by atoms with Crippen LogP contribution in [0, 0.1) is 0 Å². The van der Waals surface area contributed by atoms with Gasteiger partial charge in [0, 0.05) is 21.2 Å². The maximum atomic E-state index is 11.8. The Morgan fingerprint density at radius 1 is 0.550 bits per heavy atom. The molecule has 0 aliphatic heterocycles. The largest absolute Gasteiger partial charge is 0.285 e. The highest BCUT2D eigenvalue weighted by Crippen LogP contribution is 2.29. The highest BCUT2D eigenvalue weighted by molar-refractivity contribution is 6.31. The molecule has 0 unspecified atom stereocenters. The number of hydrogen-bond acceptors (Lipinski definition) is 2. The second-order valence-corrected chi connectivity index (χ2v) is 5.29. The molecule has 0 N–H and O–H groups in total. The zero-order chi connectivity index (χ0) is 14.3. The van der Waals surface area contributed by atoms with Crippen molar-refractivity contribution in [3.05, 3.63) is 79.0 Å². The predicted octanol–water partition coefficient (Wildman–Crippen LogP) is 3.92. The summed E-state index contributed by atoms with van der Waals surface area (Å²) >= 11 is 11.7. The van der Waals surface area contributed by atoms with Gasteiger partial charge < -0.3 is 0 Å². The maximum Gasteiger partial charge on any atom is 0.234 e. The molecule has 0 spiro atoms. The minimum atomic E-state index is -0.461. The molecule has 4 heteroatoms. The van der Waals surface area contributed by atoms with Crippen molar-refractivity contribution in [1.82, 2.24) is 0 Å². The quantitative estimate of drug-likeness (QED) is 0.672.